The van der Waals surface area contributed by atoms with Crippen molar-refractivity contribution in [2.45, 2.75) is 24.8 Å². The second kappa shape index (κ2) is 9.11. The lowest BCUT2D eigenvalue weighted by Gasteiger charge is -2.12. The minimum Gasteiger partial charge on any atom is -0.324 e. The first kappa shape index (κ1) is 21.8. The number of carbonyl (C=O) groups is 1. The summed E-state index contributed by atoms with van der Waals surface area (Å²) in [4.78, 5) is 22.0. The van der Waals surface area contributed by atoms with E-state index >= 15 is 0 Å². The van der Waals surface area contributed by atoms with Crippen molar-refractivity contribution in [1.82, 2.24) is 24.1 Å². The Morgan fingerprint density at radius 3 is 2.65 bits per heavy atom. The topological polar surface area (TPSA) is 77.1 Å². The van der Waals surface area contributed by atoms with Gasteiger partial charge in [0, 0.05) is 40.8 Å². The second-order valence-corrected chi connectivity index (χ2v) is 8.74. The van der Waals surface area contributed by atoms with Crippen LogP contribution in [0.15, 0.2) is 78.2 Å². The van der Waals surface area contributed by atoms with Gasteiger partial charge in [0.1, 0.15) is 5.82 Å². The maximum atomic E-state index is 14.5. The Labute approximate surface area is 199 Å². The first-order chi connectivity index (χ1) is 16.5. The van der Waals surface area contributed by atoms with Gasteiger partial charge in [-0.15, -0.1) is 5.10 Å². The second-order valence-electron chi connectivity index (χ2n) is 7.80. The molecule has 0 aliphatic carbocycles. The Balaban J connectivity index is 1.36. The Bertz CT molecular complexity index is 1500. The van der Waals surface area contributed by atoms with E-state index in [-0.39, 0.29) is 11.6 Å². The monoisotopic (exact) mass is 472 g/mol. The molecule has 5 rings (SSSR count). The van der Waals surface area contributed by atoms with Crippen molar-refractivity contribution in [3.05, 3.63) is 101 Å². The number of rotatable bonds is 6. The van der Waals surface area contributed by atoms with Gasteiger partial charge in [0.2, 0.25) is 5.16 Å². The Morgan fingerprint density at radius 2 is 1.82 bits per heavy atom. The van der Waals surface area contributed by atoms with Crippen LogP contribution in [0.4, 0.5) is 10.1 Å². The molecule has 3 heterocycles. The zero-order valence-corrected chi connectivity index (χ0v) is 19.4. The molecule has 9 heteroatoms. The molecule has 0 aliphatic heterocycles. The van der Waals surface area contributed by atoms with Crippen LogP contribution in [0.1, 0.15) is 27.3 Å². The maximum absolute atomic E-state index is 14.5. The van der Waals surface area contributed by atoms with Gasteiger partial charge >= 0.3 is 0 Å². The number of aryl methyl sites for hydroxylation is 2. The van der Waals surface area contributed by atoms with Crippen molar-refractivity contribution in [3.8, 4) is 5.69 Å². The predicted octanol–water partition coefficient (Wildman–Crippen LogP) is 5.22. The predicted molar refractivity (Wildman–Crippen MR) is 130 cm³/mol. The van der Waals surface area contributed by atoms with Crippen molar-refractivity contribution < 1.29 is 9.18 Å². The molecule has 3 aromatic heterocycles. The average Bonchev–Trinajstić information content (AvgIpc) is 3.49. The van der Waals surface area contributed by atoms with Crippen LogP contribution in [-0.2, 0) is 5.75 Å². The number of nitrogens with one attached hydrogen (secondary N) is 1. The fourth-order valence-corrected chi connectivity index (χ4v) is 4.51. The van der Waals surface area contributed by atoms with Crippen molar-refractivity contribution in [2.75, 3.05) is 5.32 Å². The molecule has 0 atom stereocenters. The van der Waals surface area contributed by atoms with Crippen molar-refractivity contribution in [1.29, 1.82) is 0 Å². The molecule has 1 amide bonds. The Morgan fingerprint density at radius 1 is 1.03 bits per heavy atom. The van der Waals surface area contributed by atoms with E-state index in [2.05, 4.69) is 20.4 Å². The van der Waals surface area contributed by atoms with E-state index in [0.29, 0.717) is 22.3 Å². The quantitative estimate of drug-likeness (QED) is 0.343. The van der Waals surface area contributed by atoms with E-state index in [9.17, 15) is 9.18 Å². The molecule has 0 spiro atoms. The summed E-state index contributed by atoms with van der Waals surface area (Å²) in [6.07, 6.45) is 3.72. The van der Waals surface area contributed by atoms with E-state index in [1.165, 1.54) is 17.8 Å². The van der Waals surface area contributed by atoms with Crippen LogP contribution in [0.5, 0.6) is 0 Å². The lowest BCUT2D eigenvalue weighted by atomic mass is 10.1. The van der Waals surface area contributed by atoms with E-state index in [1.54, 1.807) is 28.8 Å². The minimum atomic E-state index is -0.497. The van der Waals surface area contributed by atoms with Crippen LogP contribution in [0.25, 0.3) is 11.5 Å². The molecular weight excluding hydrogens is 451 g/mol. The van der Waals surface area contributed by atoms with Gasteiger partial charge in [0.25, 0.3) is 11.7 Å². The molecule has 5 aromatic rings. The fourth-order valence-electron chi connectivity index (χ4n) is 3.69. The smallest absolute Gasteiger partial charge is 0.256 e. The third-order valence-corrected chi connectivity index (χ3v) is 6.20. The number of hydrogen-bond donors (Lipinski definition) is 1. The summed E-state index contributed by atoms with van der Waals surface area (Å²) in [7, 11) is 0. The first-order valence-electron chi connectivity index (χ1n) is 10.6. The number of fused-ring (bicyclic) bond motifs is 1. The first-order valence-corrected chi connectivity index (χ1v) is 11.6. The molecule has 0 radical (unpaired) electrons. The van der Waals surface area contributed by atoms with E-state index < -0.39 is 5.82 Å². The summed E-state index contributed by atoms with van der Waals surface area (Å²) in [5.41, 5.74) is 3.97. The van der Waals surface area contributed by atoms with Gasteiger partial charge in [-0.05, 0) is 61.9 Å². The summed E-state index contributed by atoms with van der Waals surface area (Å²) in [6, 6.07) is 17.6. The zero-order valence-electron chi connectivity index (χ0n) is 18.6. The van der Waals surface area contributed by atoms with Gasteiger partial charge in [-0.1, -0.05) is 30.0 Å². The summed E-state index contributed by atoms with van der Waals surface area (Å²) in [6.45, 7) is 3.87. The van der Waals surface area contributed by atoms with Crippen LogP contribution in [0.2, 0.25) is 0 Å². The minimum absolute atomic E-state index is 0.123. The molecule has 1 N–H and O–H groups in total. The molecule has 2 aromatic carbocycles. The molecule has 34 heavy (non-hydrogen) atoms. The number of thioether (sulfide) groups is 1. The number of halogens is 1. The Hall–Kier alpha value is -3.98. The molecular formula is C25H21FN6OS. The van der Waals surface area contributed by atoms with E-state index in [4.69, 9.17) is 0 Å². The number of anilines is 1. The van der Waals surface area contributed by atoms with Crippen molar-refractivity contribution in [2.24, 2.45) is 0 Å². The van der Waals surface area contributed by atoms with Crippen molar-refractivity contribution >= 4 is 29.1 Å². The highest BCUT2D eigenvalue weighted by atomic mass is 32.2. The highest BCUT2D eigenvalue weighted by molar-refractivity contribution is 7.98. The maximum Gasteiger partial charge on any atom is 0.256 e. The average molecular weight is 473 g/mol. The van der Waals surface area contributed by atoms with Crippen LogP contribution in [-0.4, -0.2) is 30.1 Å². The lowest BCUT2D eigenvalue weighted by Crippen LogP contribution is -2.15. The van der Waals surface area contributed by atoms with Gasteiger partial charge in [-0.25, -0.2) is 13.9 Å². The number of carbonyl (C=O) groups excluding carboxylic acids is 1. The number of hydrogen-bond acceptors (Lipinski definition) is 5. The summed E-state index contributed by atoms with van der Waals surface area (Å²) < 4.78 is 18.0. The summed E-state index contributed by atoms with van der Waals surface area (Å²) in [5.74, 6) is 0.146. The number of amides is 1. The lowest BCUT2D eigenvalue weighted by molar-refractivity contribution is 0.102. The van der Waals surface area contributed by atoms with Crippen LogP contribution in [0, 0.1) is 19.7 Å². The number of aromatic nitrogens is 5. The van der Waals surface area contributed by atoms with Gasteiger partial charge in [-0.2, -0.15) is 4.98 Å². The number of nitrogens with zero attached hydrogens (tertiary/aromatic N) is 5. The van der Waals surface area contributed by atoms with Crippen LogP contribution in [0.3, 0.4) is 0 Å². The normalized spacial score (nSPS) is 11.1. The van der Waals surface area contributed by atoms with E-state index in [1.807, 2.05) is 61.1 Å². The molecule has 0 unspecified atom stereocenters. The van der Waals surface area contributed by atoms with Gasteiger partial charge in [0.15, 0.2) is 0 Å². The molecule has 7 nitrogen and oxygen atoms in total. The van der Waals surface area contributed by atoms with Gasteiger partial charge < -0.3 is 9.88 Å². The Kier molecular flexibility index (Phi) is 5.85. The summed E-state index contributed by atoms with van der Waals surface area (Å²) in [5, 5.41) is 7.80. The van der Waals surface area contributed by atoms with Gasteiger partial charge in [-0.3, -0.25) is 4.79 Å². The highest BCUT2D eigenvalue weighted by Gasteiger charge is 2.16. The SMILES string of the molecule is Cc1cc(C)n2nc(SCc3ccccc3C(=O)Nc3cc(-n4cccc4)ccc3F)nc2n1. The summed E-state index contributed by atoms with van der Waals surface area (Å²) >= 11 is 1.42. The fraction of sp³-hybridized carbons (Fsp3) is 0.120. The molecule has 0 fully saturated rings. The van der Waals surface area contributed by atoms with Crippen molar-refractivity contribution in [3.63, 3.8) is 0 Å². The number of benzene rings is 2. The third kappa shape index (κ3) is 4.42. The van der Waals surface area contributed by atoms with Gasteiger partial charge in [0.05, 0.1) is 5.69 Å². The largest absolute Gasteiger partial charge is 0.324 e. The molecule has 0 saturated carbocycles. The standard InChI is InChI=1S/C25H21FN6OS/c1-16-13-17(2)32-24(27-16)29-25(30-32)34-15-18-7-3-4-8-20(18)23(33)28-22-14-19(9-10-21(22)26)31-11-5-6-12-31/h3-14H,15H2,1-2H3,(H,28,33). The third-order valence-electron chi connectivity index (χ3n) is 5.32. The van der Waals surface area contributed by atoms with E-state index in [0.717, 1.165) is 22.6 Å². The molecule has 0 saturated heterocycles. The van der Waals surface area contributed by atoms with Crippen LogP contribution < -0.4 is 5.32 Å². The highest BCUT2D eigenvalue weighted by Crippen LogP contribution is 2.25. The molecule has 170 valence electrons. The molecule has 0 aliphatic rings. The molecule has 0 bridgehead atoms. The zero-order chi connectivity index (χ0) is 23.7. The van der Waals surface area contributed by atoms with Crippen LogP contribution >= 0.6 is 11.8 Å².